The Morgan fingerprint density at radius 1 is 0.577 bits per heavy atom. The molecule has 2 aromatic carbocycles. The van der Waals surface area contributed by atoms with Crippen molar-refractivity contribution < 1.29 is 14.3 Å². The lowest BCUT2D eigenvalue weighted by molar-refractivity contribution is -0.123. The van der Waals surface area contributed by atoms with Crippen LogP contribution in [0.1, 0.15) is 174 Å². The highest BCUT2D eigenvalue weighted by Crippen LogP contribution is 2.20. The lowest BCUT2D eigenvalue weighted by Gasteiger charge is -2.20. The van der Waals surface area contributed by atoms with E-state index < -0.39 is 6.04 Å². The Morgan fingerprint density at radius 2 is 1.00 bits per heavy atom. The van der Waals surface area contributed by atoms with Crippen molar-refractivity contribution in [3.05, 3.63) is 60.2 Å². The second-order valence-electron chi connectivity index (χ2n) is 15.0. The van der Waals surface area contributed by atoms with Crippen LogP contribution in [0, 0.1) is 0 Å². The SMILES string of the molecule is CCCCCCCCCCCCCCOCC(CNC(=O)[C@H](N)Cc1ccc(-c2ccccc2)cc1)OCCCCCCCCCCCCCC.Cl. The van der Waals surface area contributed by atoms with Gasteiger partial charge in [-0.2, -0.15) is 0 Å². The number of carbonyl (C=O) groups excluding carboxylic acids is 1. The molecule has 298 valence electrons. The summed E-state index contributed by atoms with van der Waals surface area (Å²) in [5.74, 6) is -0.137. The van der Waals surface area contributed by atoms with Gasteiger partial charge in [0.1, 0.15) is 0 Å². The van der Waals surface area contributed by atoms with E-state index in [9.17, 15) is 4.79 Å². The summed E-state index contributed by atoms with van der Waals surface area (Å²) in [6.07, 6.45) is 32.3. The van der Waals surface area contributed by atoms with Gasteiger partial charge in [-0.25, -0.2) is 0 Å². The molecule has 2 atom stereocenters. The Balaban J connectivity index is 0.0000135. The summed E-state index contributed by atoms with van der Waals surface area (Å²) >= 11 is 0. The smallest absolute Gasteiger partial charge is 0.237 e. The van der Waals surface area contributed by atoms with Gasteiger partial charge in [0.05, 0.1) is 18.8 Å². The molecular weight excluding hydrogens is 664 g/mol. The molecule has 0 aliphatic heterocycles. The lowest BCUT2D eigenvalue weighted by Crippen LogP contribution is -2.45. The van der Waals surface area contributed by atoms with Gasteiger partial charge in [0.2, 0.25) is 5.91 Å². The predicted octanol–water partition coefficient (Wildman–Crippen LogP) is 12.6. The van der Waals surface area contributed by atoms with Gasteiger partial charge in [0.15, 0.2) is 0 Å². The largest absolute Gasteiger partial charge is 0.379 e. The highest BCUT2D eigenvalue weighted by atomic mass is 35.5. The molecule has 2 rings (SSSR count). The summed E-state index contributed by atoms with van der Waals surface area (Å²) < 4.78 is 12.4. The van der Waals surface area contributed by atoms with E-state index in [1.54, 1.807) is 0 Å². The molecule has 0 aromatic heterocycles. The zero-order chi connectivity index (χ0) is 36.5. The minimum Gasteiger partial charge on any atom is -0.379 e. The molecule has 0 spiro atoms. The molecule has 2 aromatic rings. The van der Waals surface area contributed by atoms with Crippen molar-refractivity contribution in [3.8, 4) is 11.1 Å². The van der Waals surface area contributed by atoms with Gasteiger partial charge in [-0.3, -0.25) is 4.79 Å². The van der Waals surface area contributed by atoms with E-state index in [1.807, 2.05) is 18.2 Å². The average Bonchev–Trinajstić information content (AvgIpc) is 3.15. The van der Waals surface area contributed by atoms with Crippen molar-refractivity contribution in [2.45, 2.75) is 187 Å². The number of hydrogen-bond acceptors (Lipinski definition) is 4. The number of hydrogen-bond donors (Lipinski definition) is 2. The number of halogens is 1. The minimum absolute atomic E-state index is 0. The Kier molecular flexibility index (Phi) is 32.2. The fourth-order valence-electron chi connectivity index (χ4n) is 6.77. The fourth-order valence-corrected chi connectivity index (χ4v) is 6.77. The molecule has 3 N–H and O–H groups in total. The van der Waals surface area contributed by atoms with Crippen LogP contribution < -0.4 is 11.1 Å². The number of amides is 1. The monoisotopic (exact) mass is 743 g/mol. The maximum absolute atomic E-state index is 13.0. The first-order valence-electron chi connectivity index (χ1n) is 21.5. The second kappa shape index (κ2) is 34.8. The molecule has 0 fully saturated rings. The van der Waals surface area contributed by atoms with Crippen LogP contribution in [0.25, 0.3) is 11.1 Å². The molecule has 5 nitrogen and oxygen atoms in total. The van der Waals surface area contributed by atoms with Crippen molar-refractivity contribution in [2.24, 2.45) is 5.73 Å². The van der Waals surface area contributed by atoms with Crippen LogP contribution in [0.4, 0.5) is 0 Å². The first-order chi connectivity index (χ1) is 25.1. The van der Waals surface area contributed by atoms with E-state index in [2.05, 4.69) is 55.6 Å². The van der Waals surface area contributed by atoms with Gasteiger partial charge >= 0.3 is 0 Å². The third kappa shape index (κ3) is 26.0. The van der Waals surface area contributed by atoms with Gasteiger partial charge in [-0.15, -0.1) is 12.4 Å². The van der Waals surface area contributed by atoms with Crippen LogP contribution >= 0.6 is 12.4 Å². The molecule has 0 heterocycles. The molecule has 52 heavy (non-hydrogen) atoms. The highest BCUT2D eigenvalue weighted by molar-refractivity contribution is 5.85. The number of unbranched alkanes of at least 4 members (excludes halogenated alkanes) is 22. The molecule has 6 heteroatoms. The Labute approximate surface area is 326 Å². The molecule has 0 aliphatic rings. The zero-order valence-corrected chi connectivity index (χ0v) is 34.4. The zero-order valence-electron chi connectivity index (χ0n) is 33.6. The third-order valence-corrected chi connectivity index (χ3v) is 10.2. The predicted molar refractivity (Wildman–Crippen MR) is 227 cm³/mol. The highest BCUT2D eigenvalue weighted by Gasteiger charge is 2.17. The summed E-state index contributed by atoms with van der Waals surface area (Å²) in [4.78, 5) is 13.0. The van der Waals surface area contributed by atoms with Crippen molar-refractivity contribution in [3.63, 3.8) is 0 Å². The number of ether oxygens (including phenoxy) is 2. The minimum atomic E-state index is -0.605. The van der Waals surface area contributed by atoms with Gasteiger partial charge < -0.3 is 20.5 Å². The van der Waals surface area contributed by atoms with Gasteiger partial charge in [0, 0.05) is 19.8 Å². The van der Waals surface area contributed by atoms with E-state index in [1.165, 1.54) is 147 Å². The Hall–Kier alpha value is -1.92. The van der Waals surface area contributed by atoms with E-state index in [-0.39, 0.29) is 24.4 Å². The van der Waals surface area contributed by atoms with Crippen molar-refractivity contribution in [1.82, 2.24) is 5.32 Å². The molecule has 0 radical (unpaired) electrons. The van der Waals surface area contributed by atoms with Crippen LogP contribution in [0.5, 0.6) is 0 Å². The first kappa shape index (κ1) is 48.1. The van der Waals surface area contributed by atoms with E-state index in [4.69, 9.17) is 15.2 Å². The second-order valence-corrected chi connectivity index (χ2v) is 15.0. The quantitative estimate of drug-likeness (QED) is 0.0690. The van der Waals surface area contributed by atoms with Gasteiger partial charge in [0.25, 0.3) is 0 Å². The standard InChI is InChI=1S/C46H78N2O3.ClH/c1-3-5-7-9-11-13-15-17-19-21-23-28-36-50-40-44(51-37-29-24-22-20-18-16-14-12-10-8-6-4-2)39-48-46(49)45(47)38-41-32-34-43(35-33-41)42-30-26-25-27-31-42;/h25-27,30-35,44-45H,3-24,28-29,36-40,47H2,1-2H3,(H,48,49);1H/t44?,45-;/m1./s1. The van der Waals surface area contributed by atoms with Crippen LogP contribution in [-0.2, 0) is 20.7 Å². The molecule has 0 saturated carbocycles. The number of benzene rings is 2. The van der Waals surface area contributed by atoms with Gasteiger partial charge in [-0.1, -0.05) is 210 Å². The van der Waals surface area contributed by atoms with Crippen LogP contribution in [0.15, 0.2) is 54.6 Å². The Morgan fingerprint density at radius 3 is 1.48 bits per heavy atom. The van der Waals surface area contributed by atoms with E-state index in [0.717, 1.165) is 30.6 Å². The van der Waals surface area contributed by atoms with E-state index in [0.29, 0.717) is 26.2 Å². The third-order valence-electron chi connectivity index (χ3n) is 10.2. The Bertz CT molecular complexity index is 1050. The van der Waals surface area contributed by atoms with Gasteiger partial charge in [-0.05, 0) is 36.0 Å². The molecule has 1 amide bonds. The number of rotatable bonds is 35. The lowest BCUT2D eigenvalue weighted by atomic mass is 10.0. The van der Waals surface area contributed by atoms with Crippen LogP contribution in [-0.4, -0.2) is 44.4 Å². The van der Waals surface area contributed by atoms with Crippen LogP contribution in [0.3, 0.4) is 0 Å². The number of nitrogens with two attached hydrogens (primary N) is 1. The summed E-state index contributed by atoms with van der Waals surface area (Å²) in [5.41, 5.74) is 9.76. The summed E-state index contributed by atoms with van der Waals surface area (Å²) in [7, 11) is 0. The molecule has 0 bridgehead atoms. The van der Waals surface area contributed by atoms with Crippen LogP contribution in [0.2, 0.25) is 0 Å². The summed E-state index contributed by atoms with van der Waals surface area (Å²) in [6, 6.07) is 18.1. The molecule has 0 saturated heterocycles. The normalized spacial score (nSPS) is 12.4. The molecule has 0 aliphatic carbocycles. The summed E-state index contributed by atoms with van der Waals surface area (Å²) in [6.45, 7) is 6.96. The topological polar surface area (TPSA) is 73.6 Å². The van der Waals surface area contributed by atoms with E-state index >= 15 is 0 Å². The first-order valence-corrected chi connectivity index (χ1v) is 21.5. The number of carbonyl (C=O) groups is 1. The van der Waals surface area contributed by atoms with Crippen molar-refractivity contribution >= 4 is 18.3 Å². The number of nitrogens with one attached hydrogen (secondary N) is 1. The molecular formula is C46H79ClN2O3. The van der Waals surface area contributed by atoms with Crippen molar-refractivity contribution in [2.75, 3.05) is 26.4 Å². The summed E-state index contributed by atoms with van der Waals surface area (Å²) in [5, 5.41) is 3.07. The maximum Gasteiger partial charge on any atom is 0.237 e. The fraction of sp³-hybridized carbons (Fsp3) is 0.717. The maximum atomic E-state index is 13.0. The van der Waals surface area contributed by atoms with Crippen molar-refractivity contribution in [1.29, 1.82) is 0 Å². The molecule has 1 unspecified atom stereocenters. The average molecular weight is 744 g/mol.